The maximum Gasteiger partial charge on any atom is 0.341 e. The highest BCUT2D eigenvalue weighted by Gasteiger charge is 2.15. The van der Waals surface area contributed by atoms with Gasteiger partial charge >= 0.3 is 5.97 Å². The number of hydrogen-bond donors (Lipinski definition) is 0. The van der Waals surface area contributed by atoms with Gasteiger partial charge in [0.1, 0.15) is 5.75 Å². The van der Waals surface area contributed by atoms with Crippen molar-refractivity contribution in [1.82, 2.24) is 4.98 Å². The number of methoxy groups -OCH3 is 1. The number of aromatic nitrogens is 1. The van der Waals surface area contributed by atoms with Crippen molar-refractivity contribution < 1.29 is 14.3 Å². The minimum atomic E-state index is -0.465. The molecular weight excluding hydrogens is 254 g/mol. The first kappa shape index (κ1) is 12.6. The third kappa shape index (κ3) is 2.24. The number of pyridine rings is 1. The lowest BCUT2D eigenvalue weighted by Gasteiger charge is -2.07. The van der Waals surface area contributed by atoms with Crippen LogP contribution in [0, 0.1) is 0 Å². The highest BCUT2D eigenvalue weighted by atomic mass is 35.5. The van der Waals surface area contributed by atoms with Gasteiger partial charge in [-0.25, -0.2) is 4.79 Å². The maximum absolute atomic E-state index is 11.7. The Balaban J connectivity index is 2.54. The van der Waals surface area contributed by atoms with Crippen LogP contribution in [0.3, 0.4) is 0 Å². The van der Waals surface area contributed by atoms with Gasteiger partial charge in [0, 0.05) is 17.6 Å². The second-order valence-electron chi connectivity index (χ2n) is 3.59. The van der Waals surface area contributed by atoms with Crippen LogP contribution in [0.4, 0.5) is 0 Å². The minimum absolute atomic E-state index is 0.274. The third-order valence-electron chi connectivity index (χ3n) is 2.51. The molecule has 18 heavy (non-hydrogen) atoms. The van der Waals surface area contributed by atoms with E-state index in [9.17, 15) is 4.79 Å². The number of esters is 1. The molecule has 0 atom stereocenters. The first-order chi connectivity index (χ1) is 8.67. The van der Waals surface area contributed by atoms with Gasteiger partial charge in [0.15, 0.2) is 0 Å². The zero-order valence-corrected chi connectivity index (χ0v) is 10.8. The monoisotopic (exact) mass is 265 g/mol. The van der Waals surface area contributed by atoms with Gasteiger partial charge in [-0.2, -0.15) is 0 Å². The number of halogens is 1. The molecule has 94 valence electrons. The van der Waals surface area contributed by atoms with Crippen LogP contribution in [0.1, 0.15) is 17.3 Å². The van der Waals surface area contributed by atoms with Gasteiger partial charge in [-0.3, -0.25) is 4.98 Å². The van der Waals surface area contributed by atoms with Gasteiger partial charge in [0.2, 0.25) is 0 Å². The summed E-state index contributed by atoms with van der Waals surface area (Å²) >= 11 is 6.19. The predicted molar refractivity (Wildman–Crippen MR) is 69.3 cm³/mol. The van der Waals surface area contributed by atoms with Gasteiger partial charge in [0.25, 0.3) is 0 Å². The van der Waals surface area contributed by atoms with E-state index in [4.69, 9.17) is 21.1 Å². The highest BCUT2D eigenvalue weighted by molar-refractivity contribution is 6.38. The summed E-state index contributed by atoms with van der Waals surface area (Å²) < 4.78 is 10.0. The number of hydrogen-bond acceptors (Lipinski definition) is 4. The van der Waals surface area contributed by atoms with E-state index in [-0.39, 0.29) is 5.56 Å². The van der Waals surface area contributed by atoms with Crippen LogP contribution in [0.5, 0.6) is 5.75 Å². The maximum atomic E-state index is 11.7. The van der Waals surface area contributed by atoms with E-state index in [1.165, 1.54) is 6.20 Å². The van der Waals surface area contributed by atoms with E-state index in [0.29, 0.717) is 28.3 Å². The molecule has 0 bridgehead atoms. The molecule has 0 saturated heterocycles. The smallest absolute Gasteiger partial charge is 0.341 e. The fraction of sp³-hybridized carbons (Fsp3) is 0.231. The lowest BCUT2D eigenvalue weighted by Crippen LogP contribution is -2.06. The number of carbonyl (C=O) groups is 1. The molecule has 1 aromatic heterocycles. The summed E-state index contributed by atoms with van der Waals surface area (Å²) in [6.07, 6.45) is 1.42. The molecular formula is C13H12ClNO3. The highest BCUT2D eigenvalue weighted by Crippen LogP contribution is 2.28. The van der Waals surface area contributed by atoms with Crippen molar-refractivity contribution in [2.24, 2.45) is 0 Å². The normalized spacial score (nSPS) is 10.4. The van der Waals surface area contributed by atoms with Crippen LogP contribution in [-0.4, -0.2) is 24.7 Å². The van der Waals surface area contributed by atoms with Gasteiger partial charge in [-0.05, 0) is 19.1 Å². The second kappa shape index (κ2) is 5.23. The summed E-state index contributed by atoms with van der Waals surface area (Å²) in [5.41, 5.74) is 0.948. The Bertz CT molecular complexity index is 598. The molecule has 0 fully saturated rings. The molecule has 2 aromatic rings. The molecule has 4 nitrogen and oxygen atoms in total. The summed E-state index contributed by atoms with van der Waals surface area (Å²) in [7, 11) is 1.58. The number of carbonyl (C=O) groups excluding carboxylic acids is 1. The van der Waals surface area contributed by atoms with Crippen LogP contribution >= 0.6 is 11.6 Å². The quantitative estimate of drug-likeness (QED) is 0.800. The number of benzene rings is 1. The SMILES string of the molecule is CCOC(=O)c1cnc2cc(OC)ccc2c1Cl. The van der Waals surface area contributed by atoms with Crippen LogP contribution < -0.4 is 4.74 Å². The van der Waals surface area contributed by atoms with Crippen LogP contribution in [-0.2, 0) is 4.74 Å². The molecule has 0 aliphatic rings. The Morgan fingerprint density at radius 2 is 2.22 bits per heavy atom. The Kier molecular flexibility index (Phi) is 3.67. The van der Waals surface area contributed by atoms with Crippen molar-refractivity contribution in [2.75, 3.05) is 13.7 Å². The lowest BCUT2D eigenvalue weighted by atomic mass is 10.1. The van der Waals surface area contributed by atoms with Crippen molar-refractivity contribution in [1.29, 1.82) is 0 Å². The Morgan fingerprint density at radius 1 is 1.44 bits per heavy atom. The molecule has 5 heteroatoms. The molecule has 1 aromatic carbocycles. The summed E-state index contributed by atoms with van der Waals surface area (Å²) in [5, 5.41) is 1.05. The summed E-state index contributed by atoms with van der Waals surface area (Å²) in [4.78, 5) is 15.8. The Hall–Kier alpha value is -1.81. The fourth-order valence-corrected chi connectivity index (χ4v) is 1.90. The average molecular weight is 266 g/mol. The largest absolute Gasteiger partial charge is 0.497 e. The van der Waals surface area contributed by atoms with Gasteiger partial charge in [-0.1, -0.05) is 11.6 Å². The third-order valence-corrected chi connectivity index (χ3v) is 2.91. The van der Waals surface area contributed by atoms with Crippen LogP contribution in [0.15, 0.2) is 24.4 Å². The van der Waals surface area contributed by atoms with Crippen LogP contribution in [0.2, 0.25) is 5.02 Å². The molecule has 0 aliphatic carbocycles. The molecule has 0 radical (unpaired) electrons. The molecule has 1 heterocycles. The van der Waals surface area contributed by atoms with E-state index in [0.717, 1.165) is 0 Å². The van der Waals surface area contributed by atoms with Crippen LogP contribution in [0.25, 0.3) is 10.9 Å². The van der Waals surface area contributed by atoms with Gasteiger partial charge in [-0.15, -0.1) is 0 Å². The molecule has 0 aliphatic heterocycles. The molecule has 0 amide bonds. The summed E-state index contributed by atoms with van der Waals surface area (Å²) in [6, 6.07) is 5.30. The number of rotatable bonds is 3. The molecule has 0 N–H and O–H groups in total. The topological polar surface area (TPSA) is 48.4 Å². The van der Waals surface area contributed by atoms with E-state index >= 15 is 0 Å². The molecule has 2 rings (SSSR count). The standard InChI is InChI=1S/C13H12ClNO3/c1-3-18-13(16)10-7-15-11-6-8(17-2)4-5-9(11)12(10)14/h4-7H,3H2,1-2H3. The predicted octanol–water partition coefficient (Wildman–Crippen LogP) is 3.07. The van der Waals surface area contributed by atoms with Crippen molar-refractivity contribution in [2.45, 2.75) is 6.92 Å². The number of nitrogens with zero attached hydrogens (tertiary/aromatic N) is 1. The zero-order chi connectivity index (χ0) is 13.1. The van der Waals surface area contributed by atoms with Crippen molar-refractivity contribution in [3.05, 3.63) is 35.0 Å². The average Bonchev–Trinajstić information content (AvgIpc) is 2.38. The van der Waals surface area contributed by atoms with E-state index < -0.39 is 5.97 Å². The van der Waals surface area contributed by atoms with E-state index in [1.54, 1.807) is 32.2 Å². The molecule has 0 unspecified atom stereocenters. The first-order valence-electron chi connectivity index (χ1n) is 5.46. The molecule has 0 saturated carbocycles. The zero-order valence-electron chi connectivity index (χ0n) is 10.1. The van der Waals surface area contributed by atoms with Crippen molar-refractivity contribution >= 4 is 28.5 Å². The lowest BCUT2D eigenvalue weighted by molar-refractivity contribution is 0.0526. The molecule has 0 spiro atoms. The summed E-state index contributed by atoms with van der Waals surface area (Å²) in [6.45, 7) is 2.04. The van der Waals surface area contributed by atoms with E-state index in [1.807, 2.05) is 0 Å². The minimum Gasteiger partial charge on any atom is -0.497 e. The van der Waals surface area contributed by atoms with Gasteiger partial charge in [0.05, 0.1) is 29.8 Å². The summed E-state index contributed by atoms with van der Waals surface area (Å²) in [5.74, 6) is 0.225. The van der Waals surface area contributed by atoms with Crippen molar-refractivity contribution in [3.63, 3.8) is 0 Å². The van der Waals surface area contributed by atoms with Gasteiger partial charge < -0.3 is 9.47 Å². The Labute approximate surface area is 109 Å². The number of fused-ring (bicyclic) bond motifs is 1. The van der Waals surface area contributed by atoms with E-state index in [2.05, 4.69) is 4.98 Å². The second-order valence-corrected chi connectivity index (χ2v) is 3.97. The fourth-order valence-electron chi connectivity index (χ4n) is 1.62. The first-order valence-corrected chi connectivity index (χ1v) is 5.84. The Morgan fingerprint density at radius 3 is 2.89 bits per heavy atom. The number of ether oxygens (including phenoxy) is 2. The van der Waals surface area contributed by atoms with Crippen molar-refractivity contribution in [3.8, 4) is 5.75 Å².